The van der Waals surface area contributed by atoms with E-state index in [4.69, 9.17) is 9.15 Å². The summed E-state index contributed by atoms with van der Waals surface area (Å²) in [5.74, 6) is -0.394. The fourth-order valence-corrected chi connectivity index (χ4v) is 2.59. The van der Waals surface area contributed by atoms with Gasteiger partial charge in [-0.3, -0.25) is 9.78 Å². The summed E-state index contributed by atoms with van der Waals surface area (Å²) in [6.07, 6.45) is 4.00. The topological polar surface area (TPSA) is 107 Å². The van der Waals surface area contributed by atoms with Gasteiger partial charge in [0.15, 0.2) is 0 Å². The van der Waals surface area contributed by atoms with E-state index < -0.39 is 12.0 Å². The first kappa shape index (κ1) is 18.9. The van der Waals surface area contributed by atoms with E-state index in [1.807, 2.05) is 13.8 Å². The van der Waals surface area contributed by atoms with E-state index in [9.17, 15) is 9.59 Å². The number of thioether (sulfide) groups is 1. The second kappa shape index (κ2) is 9.16. The Balaban J connectivity index is 1.91. The maximum absolute atomic E-state index is 12.1. The lowest BCUT2D eigenvalue weighted by Gasteiger charge is -2.21. The Kier molecular flexibility index (Phi) is 6.93. The molecule has 0 bridgehead atoms. The van der Waals surface area contributed by atoms with Crippen LogP contribution in [0.5, 0.6) is 0 Å². The van der Waals surface area contributed by atoms with Gasteiger partial charge in [-0.25, -0.2) is 4.79 Å². The minimum atomic E-state index is -0.670. The number of nitrogens with zero attached hydrogens (tertiary/aromatic N) is 3. The van der Waals surface area contributed by atoms with Crippen molar-refractivity contribution >= 4 is 23.6 Å². The Labute approximate surface area is 149 Å². The number of carbonyl (C=O) groups is 2. The van der Waals surface area contributed by atoms with E-state index in [-0.39, 0.29) is 22.8 Å². The number of rotatable bonds is 8. The largest absolute Gasteiger partial charge is 0.467 e. The lowest BCUT2D eigenvalue weighted by molar-refractivity contribution is -0.146. The summed E-state index contributed by atoms with van der Waals surface area (Å²) in [7, 11) is 1.30. The molecular weight excluding hydrogens is 344 g/mol. The number of carbonyl (C=O) groups excluding carboxylic acids is 2. The van der Waals surface area contributed by atoms with Crippen molar-refractivity contribution in [2.45, 2.75) is 31.5 Å². The van der Waals surface area contributed by atoms with Crippen LogP contribution in [0.4, 0.5) is 0 Å². The Morgan fingerprint density at radius 3 is 2.84 bits per heavy atom. The maximum Gasteiger partial charge on any atom is 0.328 e. The van der Waals surface area contributed by atoms with Gasteiger partial charge >= 0.3 is 5.97 Å². The maximum atomic E-state index is 12.1. The molecule has 0 saturated carbocycles. The van der Waals surface area contributed by atoms with Gasteiger partial charge in [-0.1, -0.05) is 32.0 Å². The SMILES string of the molecule is CC[C@H](C)[C@@H](NC(=O)CSc1nnc(-c2cccnc2)o1)C(=O)OC. The molecule has 2 heterocycles. The van der Waals surface area contributed by atoms with Crippen LogP contribution in [0.15, 0.2) is 34.2 Å². The first-order valence-corrected chi connectivity index (χ1v) is 8.77. The van der Waals surface area contributed by atoms with E-state index in [1.165, 1.54) is 7.11 Å². The molecule has 0 spiro atoms. The molecule has 1 amide bonds. The van der Waals surface area contributed by atoms with Crippen LogP contribution in [-0.2, 0) is 14.3 Å². The minimum absolute atomic E-state index is 0.0259. The molecule has 0 saturated heterocycles. The van der Waals surface area contributed by atoms with Crippen molar-refractivity contribution in [3.05, 3.63) is 24.5 Å². The summed E-state index contributed by atoms with van der Waals surface area (Å²) >= 11 is 1.10. The second-order valence-corrected chi connectivity index (χ2v) is 6.28. The van der Waals surface area contributed by atoms with Crippen molar-refractivity contribution in [1.29, 1.82) is 0 Å². The fourth-order valence-electron chi connectivity index (χ4n) is 2.01. The van der Waals surface area contributed by atoms with Crippen molar-refractivity contribution in [1.82, 2.24) is 20.5 Å². The van der Waals surface area contributed by atoms with Gasteiger partial charge in [0.1, 0.15) is 6.04 Å². The molecule has 0 aliphatic carbocycles. The summed E-state index contributed by atoms with van der Waals surface area (Å²) in [6, 6.07) is 2.90. The third kappa shape index (κ3) is 5.28. The fraction of sp³-hybridized carbons (Fsp3) is 0.438. The van der Waals surface area contributed by atoms with Gasteiger partial charge < -0.3 is 14.5 Å². The van der Waals surface area contributed by atoms with Gasteiger partial charge in [0.25, 0.3) is 5.22 Å². The molecule has 9 heteroatoms. The van der Waals surface area contributed by atoms with Gasteiger partial charge in [-0.05, 0) is 18.1 Å². The number of hydrogen-bond acceptors (Lipinski definition) is 8. The van der Waals surface area contributed by atoms with E-state index in [2.05, 4.69) is 20.5 Å². The molecule has 0 fully saturated rings. The molecule has 0 aliphatic rings. The number of esters is 1. The Bertz CT molecular complexity index is 707. The summed E-state index contributed by atoms with van der Waals surface area (Å²) in [4.78, 5) is 27.9. The van der Waals surface area contributed by atoms with Crippen LogP contribution in [0.1, 0.15) is 20.3 Å². The van der Waals surface area contributed by atoms with Crippen LogP contribution in [0, 0.1) is 5.92 Å². The Morgan fingerprint density at radius 2 is 2.20 bits per heavy atom. The van der Waals surface area contributed by atoms with Crippen LogP contribution < -0.4 is 5.32 Å². The summed E-state index contributed by atoms with van der Waals surface area (Å²) in [5, 5.41) is 10.8. The molecular formula is C16H20N4O4S. The number of hydrogen-bond donors (Lipinski definition) is 1. The molecule has 2 rings (SSSR count). The average Bonchev–Trinajstić information content (AvgIpc) is 3.13. The van der Waals surface area contributed by atoms with Gasteiger partial charge in [0.05, 0.1) is 18.4 Å². The highest BCUT2D eigenvalue weighted by Gasteiger charge is 2.26. The van der Waals surface area contributed by atoms with Gasteiger partial charge in [0, 0.05) is 12.4 Å². The van der Waals surface area contributed by atoms with Gasteiger partial charge in [-0.2, -0.15) is 0 Å². The van der Waals surface area contributed by atoms with E-state index in [0.29, 0.717) is 11.5 Å². The van der Waals surface area contributed by atoms with E-state index in [1.54, 1.807) is 24.5 Å². The number of nitrogens with one attached hydrogen (secondary N) is 1. The lowest BCUT2D eigenvalue weighted by atomic mass is 9.99. The predicted octanol–water partition coefficient (Wildman–Crippen LogP) is 1.93. The number of aromatic nitrogens is 3. The van der Waals surface area contributed by atoms with Crippen LogP contribution in [0.2, 0.25) is 0 Å². The zero-order chi connectivity index (χ0) is 18.2. The highest BCUT2D eigenvalue weighted by molar-refractivity contribution is 7.99. The predicted molar refractivity (Wildman–Crippen MR) is 91.7 cm³/mol. The van der Waals surface area contributed by atoms with Crippen LogP contribution in [-0.4, -0.2) is 46.0 Å². The van der Waals surface area contributed by atoms with Crippen molar-refractivity contribution in [3.63, 3.8) is 0 Å². The average molecular weight is 364 g/mol. The molecule has 0 aliphatic heterocycles. The highest BCUT2D eigenvalue weighted by atomic mass is 32.2. The number of ether oxygens (including phenoxy) is 1. The molecule has 1 N–H and O–H groups in total. The highest BCUT2D eigenvalue weighted by Crippen LogP contribution is 2.22. The van der Waals surface area contributed by atoms with Gasteiger partial charge in [0.2, 0.25) is 11.8 Å². The molecule has 2 atom stereocenters. The Morgan fingerprint density at radius 1 is 1.40 bits per heavy atom. The molecule has 0 aromatic carbocycles. The van der Waals surface area contributed by atoms with E-state index >= 15 is 0 Å². The molecule has 2 aromatic rings. The quantitative estimate of drug-likeness (QED) is 0.559. The molecule has 0 unspecified atom stereocenters. The van der Waals surface area contributed by atoms with Crippen LogP contribution in [0.3, 0.4) is 0 Å². The normalized spacial score (nSPS) is 13.1. The standard InChI is InChI=1S/C16H20N4O4S/c1-4-10(2)13(15(22)23-3)18-12(21)9-25-16-20-19-14(24-16)11-6-5-7-17-8-11/h5-8,10,13H,4,9H2,1-3H3,(H,18,21)/t10-,13+/m0/s1. The van der Waals surface area contributed by atoms with Crippen molar-refractivity contribution < 1.29 is 18.7 Å². The van der Waals surface area contributed by atoms with Crippen molar-refractivity contribution in [2.24, 2.45) is 5.92 Å². The minimum Gasteiger partial charge on any atom is -0.467 e. The summed E-state index contributed by atoms with van der Waals surface area (Å²) in [6.45, 7) is 3.83. The third-order valence-electron chi connectivity index (χ3n) is 3.63. The van der Waals surface area contributed by atoms with Crippen molar-refractivity contribution in [2.75, 3.05) is 12.9 Å². The first-order valence-electron chi connectivity index (χ1n) is 7.79. The number of amides is 1. The number of pyridine rings is 1. The molecule has 0 radical (unpaired) electrons. The second-order valence-electron chi connectivity index (χ2n) is 5.36. The van der Waals surface area contributed by atoms with Gasteiger partial charge in [-0.15, -0.1) is 10.2 Å². The third-order valence-corrected chi connectivity index (χ3v) is 4.44. The molecule has 2 aromatic heterocycles. The molecule has 8 nitrogen and oxygen atoms in total. The monoisotopic (exact) mass is 364 g/mol. The first-order chi connectivity index (χ1) is 12.0. The van der Waals surface area contributed by atoms with Crippen molar-refractivity contribution in [3.8, 4) is 11.5 Å². The van der Waals surface area contributed by atoms with Crippen LogP contribution in [0.25, 0.3) is 11.5 Å². The van der Waals surface area contributed by atoms with Crippen LogP contribution >= 0.6 is 11.8 Å². The molecule has 25 heavy (non-hydrogen) atoms. The zero-order valence-electron chi connectivity index (χ0n) is 14.3. The summed E-state index contributed by atoms with van der Waals surface area (Å²) < 4.78 is 10.2. The van der Waals surface area contributed by atoms with E-state index in [0.717, 1.165) is 18.2 Å². The molecule has 134 valence electrons. The lowest BCUT2D eigenvalue weighted by Crippen LogP contribution is -2.46. The number of methoxy groups -OCH3 is 1. The zero-order valence-corrected chi connectivity index (χ0v) is 15.1. The Hall–Kier alpha value is -2.42. The summed E-state index contributed by atoms with van der Waals surface area (Å²) in [5.41, 5.74) is 0.703. The smallest absolute Gasteiger partial charge is 0.328 e.